The molecule has 0 bridgehead atoms. The van der Waals surface area contributed by atoms with E-state index in [-0.39, 0.29) is 5.91 Å². The van der Waals surface area contributed by atoms with Gasteiger partial charge in [0.1, 0.15) is 17.3 Å². The Morgan fingerprint density at radius 1 is 1.20 bits per heavy atom. The lowest BCUT2D eigenvalue weighted by Gasteiger charge is -2.11. The summed E-state index contributed by atoms with van der Waals surface area (Å²) in [6, 6.07) is 7.16. The summed E-state index contributed by atoms with van der Waals surface area (Å²) in [6.07, 6.45) is 4.86. The second kappa shape index (κ2) is 9.52. The molecule has 1 aromatic carbocycles. The number of nitrogens with zero attached hydrogens (tertiary/aromatic N) is 1. The van der Waals surface area contributed by atoms with Gasteiger partial charge in [-0.3, -0.25) is 4.79 Å². The molecule has 0 saturated heterocycles. The molecule has 25 heavy (non-hydrogen) atoms. The number of amides is 1. The Bertz CT molecular complexity index is 722. The van der Waals surface area contributed by atoms with E-state index in [0.717, 1.165) is 24.2 Å². The van der Waals surface area contributed by atoms with E-state index in [2.05, 4.69) is 17.5 Å². The smallest absolute Gasteiger partial charge is 0.274 e. The number of ether oxygens (including phenoxy) is 2. The van der Waals surface area contributed by atoms with Gasteiger partial charge in [-0.15, -0.1) is 0 Å². The normalized spacial score (nSPS) is 10.8. The van der Waals surface area contributed by atoms with Crippen molar-refractivity contribution in [2.45, 2.75) is 33.6 Å². The van der Waals surface area contributed by atoms with Crippen LogP contribution < -0.4 is 14.9 Å². The van der Waals surface area contributed by atoms with Gasteiger partial charge in [0.05, 0.1) is 31.3 Å². The number of carbonyl (C=O) groups excluding carboxylic acids is 1. The van der Waals surface area contributed by atoms with E-state index >= 15 is 0 Å². The van der Waals surface area contributed by atoms with Crippen LogP contribution in [0.1, 0.15) is 48.4 Å². The zero-order valence-corrected chi connectivity index (χ0v) is 14.9. The molecule has 1 N–H and O–H groups in total. The van der Waals surface area contributed by atoms with Crippen LogP contribution in [-0.2, 0) is 0 Å². The van der Waals surface area contributed by atoms with Gasteiger partial charge in [-0.25, -0.2) is 5.43 Å². The summed E-state index contributed by atoms with van der Waals surface area (Å²) in [5.41, 5.74) is 3.72. The maximum absolute atomic E-state index is 12.0. The number of rotatable bonds is 9. The van der Waals surface area contributed by atoms with Gasteiger partial charge in [-0.05, 0) is 38.0 Å². The van der Waals surface area contributed by atoms with Crippen molar-refractivity contribution < 1.29 is 18.7 Å². The Hall–Kier alpha value is -2.76. The van der Waals surface area contributed by atoms with Gasteiger partial charge in [0, 0.05) is 11.6 Å². The van der Waals surface area contributed by atoms with Crippen molar-refractivity contribution in [3.63, 3.8) is 0 Å². The Balaban J connectivity index is 2.08. The van der Waals surface area contributed by atoms with Crippen LogP contribution in [-0.4, -0.2) is 25.3 Å². The van der Waals surface area contributed by atoms with Crippen molar-refractivity contribution in [1.82, 2.24) is 5.43 Å². The molecule has 1 amide bonds. The fourth-order valence-corrected chi connectivity index (χ4v) is 2.11. The standard InChI is InChI=1S/C19H24N2O4/c1-4-9-24-16-7-6-15(18(12-16)25-10-5-2)13-20-21-19(22)17-8-11-23-14(17)3/h6-8,11-13H,4-5,9-10H2,1-3H3,(H,21,22)/b20-13-. The number of hydrogen-bond donors (Lipinski definition) is 1. The number of aryl methyl sites for hydroxylation is 1. The van der Waals surface area contributed by atoms with Gasteiger partial charge in [-0.2, -0.15) is 5.10 Å². The number of benzene rings is 1. The van der Waals surface area contributed by atoms with Gasteiger partial charge in [0.2, 0.25) is 0 Å². The first kappa shape index (κ1) is 18.6. The second-order valence-electron chi connectivity index (χ2n) is 5.49. The summed E-state index contributed by atoms with van der Waals surface area (Å²) >= 11 is 0. The minimum absolute atomic E-state index is 0.318. The van der Waals surface area contributed by atoms with Gasteiger partial charge in [-0.1, -0.05) is 13.8 Å². The summed E-state index contributed by atoms with van der Waals surface area (Å²) in [6.45, 7) is 7.07. The van der Waals surface area contributed by atoms with E-state index < -0.39 is 0 Å². The summed E-state index contributed by atoms with van der Waals surface area (Å²) in [4.78, 5) is 12.0. The fourth-order valence-electron chi connectivity index (χ4n) is 2.11. The third-order valence-electron chi connectivity index (χ3n) is 3.39. The minimum atomic E-state index is -0.318. The van der Waals surface area contributed by atoms with E-state index in [0.29, 0.717) is 30.3 Å². The van der Waals surface area contributed by atoms with Crippen LogP contribution in [0.15, 0.2) is 40.0 Å². The number of nitrogens with one attached hydrogen (secondary N) is 1. The average molecular weight is 344 g/mol. The summed E-state index contributed by atoms with van der Waals surface area (Å²) in [5.74, 6) is 1.66. The first-order valence-electron chi connectivity index (χ1n) is 8.42. The Labute approximate surface area is 147 Å². The highest BCUT2D eigenvalue weighted by molar-refractivity contribution is 5.95. The molecule has 0 aliphatic heterocycles. The molecule has 0 spiro atoms. The molecule has 6 heteroatoms. The number of hydrogen-bond acceptors (Lipinski definition) is 5. The average Bonchev–Trinajstić information content (AvgIpc) is 3.05. The molecule has 0 saturated carbocycles. The van der Waals surface area contributed by atoms with Crippen LogP contribution in [0.25, 0.3) is 0 Å². The molecule has 0 radical (unpaired) electrons. The maximum Gasteiger partial charge on any atom is 0.274 e. The topological polar surface area (TPSA) is 73.1 Å². The van der Waals surface area contributed by atoms with Crippen molar-refractivity contribution in [1.29, 1.82) is 0 Å². The third kappa shape index (κ3) is 5.38. The SMILES string of the molecule is CCCOc1ccc(/C=N\NC(=O)c2ccoc2C)c(OCCC)c1. The molecule has 0 unspecified atom stereocenters. The summed E-state index contributed by atoms with van der Waals surface area (Å²) in [5, 5.41) is 4.01. The maximum atomic E-state index is 12.0. The molecular weight excluding hydrogens is 320 g/mol. The fraction of sp³-hybridized carbons (Fsp3) is 0.368. The van der Waals surface area contributed by atoms with Gasteiger partial charge in [0.25, 0.3) is 5.91 Å². The lowest BCUT2D eigenvalue weighted by atomic mass is 10.2. The van der Waals surface area contributed by atoms with Gasteiger partial charge >= 0.3 is 0 Å². The van der Waals surface area contributed by atoms with E-state index in [1.807, 2.05) is 25.1 Å². The van der Waals surface area contributed by atoms with E-state index in [9.17, 15) is 4.79 Å². The molecule has 2 rings (SSSR count). The number of furan rings is 1. The highest BCUT2D eigenvalue weighted by atomic mass is 16.5. The molecule has 6 nitrogen and oxygen atoms in total. The van der Waals surface area contributed by atoms with Crippen molar-refractivity contribution in [3.8, 4) is 11.5 Å². The molecule has 0 atom stereocenters. The van der Waals surface area contributed by atoms with Gasteiger partial charge in [0.15, 0.2) is 0 Å². The van der Waals surface area contributed by atoms with Crippen LogP contribution in [0.2, 0.25) is 0 Å². The molecule has 0 aliphatic carbocycles. The van der Waals surface area contributed by atoms with E-state index in [1.54, 1.807) is 19.2 Å². The Morgan fingerprint density at radius 2 is 1.96 bits per heavy atom. The largest absolute Gasteiger partial charge is 0.493 e. The van der Waals surface area contributed by atoms with Crippen LogP contribution in [0, 0.1) is 6.92 Å². The third-order valence-corrected chi connectivity index (χ3v) is 3.39. The molecule has 0 fully saturated rings. The lowest BCUT2D eigenvalue weighted by molar-refractivity contribution is 0.0953. The zero-order chi connectivity index (χ0) is 18.1. The minimum Gasteiger partial charge on any atom is -0.493 e. The van der Waals surface area contributed by atoms with Crippen molar-refractivity contribution in [2.24, 2.45) is 5.10 Å². The first-order valence-corrected chi connectivity index (χ1v) is 8.42. The van der Waals surface area contributed by atoms with E-state index in [4.69, 9.17) is 13.9 Å². The lowest BCUT2D eigenvalue weighted by Crippen LogP contribution is -2.17. The van der Waals surface area contributed by atoms with Crippen LogP contribution >= 0.6 is 0 Å². The second-order valence-corrected chi connectivity index (χ2v) is 5.49. The molecule has 1 heterocycles. The predicted octanol–water partition coefficient (Wildman–Crippen LogP) is 3.93. The van der Waals surface area contributed by atoms with Crippen LogP contribution in [0.4, 0.5) is 0 Å². The molecule has 2 aromatic rings. The molecule has 1 aromatic heterocycles. The zero-order valence-electron chi connectivity index (χ0n) is 14.9. The summed E-state index contributed by atoms with van der Waals surface area (Å²) in [7, 11) is 0. The first-order chi connectivity index (χ1) is 12.2. The van der Waals surface area contributed by atoms with Crippen molar-refractivity contribution >= 4 is 12.1 Å². The Kier molecular flexibility index (Phi) is 7.07. The quantitative estimate of drug-likeness (QED) is 0.552. The van der Waals surface area contributed by atoms with Gasteiger partial charge < -0.3 is 13.9 Å². The highest BCUT2D eigenvalue weighted by Crippen LogP contribution is 2.24. The van der Waals surface area contributed by atoms with E-state index in [1.165, 1.54) is 6.26 Å². The molecule has 0 aliphatic rings. The molecule has 134 valence electrons. The Morgan fingerprint density at radius 3 is 2.64 bits per heavy atom. The highest BCUT2D eigenvalue weighted by Gasteiger charge is 2.10. The van der Waals surface area contributed by atoms with Crippen molar-refractivity contribution in [3.05, 3.63) is 47.4 Å². The summed E-state index contributed by atoms with van der Waals surface area (Å²) < 4.78 is 16.5. The van der Waals surface area contributed by atoms with Crippen molar-refractivity contribution in [2.75, 3.05) is 13.2 Å². The number of hydrazone groups is 1. The number of carbonyl (C=O) groups is 1. The molecular formula is C19H24N2O4. The van der Waals surface area contributed by atoms with Crippen LogP contribution in [0.5, 0.6) is 11.5 Å². The van der Waals surface area contributed by atoms with Crippen LogP contribution in [0.3, 0.4) is 0 Å². The monoisotopic (exact) mass is 344 g/mol. The predicted molar refractivity (Wildman–Crippen MR) is 96.5 cm³/mol.